The lowest BCUT2D eigenvalue weighted by Gasteiger charge is -2.37. The molecule has 0 unspecified atom stereocenters. The zero-order valence-corrected chi connectivity index (χ0v) is 16.4. The van der Waals surface area contributed by atoms with Crippen LogP contribution in [0.2, 0.25) is 0 Å². The van der Waals surface area contributed by atoms with Gasteiger partial charge in [0, 0.05) is 11.1 Å². The first kappa shape index (κ1) is 18.5. The summed E-state index contributed by atoms with van der Waals surface area (Å²) in [5.74, 6) is 3.72. The van der Waals surface area contributed by atoms with E-state index in [2.05, 4.69) is 20.8 Å². The Kier molecular flexibility index (Phi) is 5.08. The molecule has 3 rings (SSSR count). The molecule has 1 aliphatic carbocycles. The minimum absolute atomic E-state index is 0.108. The fraction of sp³-hybridized carbons (Fsp3) is 0.435. The van der Waals surface area contributed by atoms with Crippen LogP contribution in [0, 0.1) is 25.2 Å². The van der Waals surface area contributed by atoms with E-state index in [0.29, 0.717) is 5.92 Å². The average Bonchev–Trinajstić information content (AvgIpc) is 3.19. The standard InChI is InChI=1S/C23H28O3/c1-6-23(4,5)19-11-17(13-20-9-7-15(2)25-20)22(24)18(12-19)14-21-10-8-16(3)26-21/h7-10,13-14,19H,6,11-12H2,1-5H3/b17-13+,18-14+. The summed E-state index contributed by atoms with van der Waals surface area (Å²) in [6.45, 7) is 10.6. The molecule has 0 N–H and O–H groups in total. The van der Waals surface area contributed by atoms with Crippen molar-refractivity contribution in [3.8, 4) is 0 Å². The number of carbonyl (C=O) groups excluding carboxylic acids is 1. The molecule has 1 saturated carbocycles. The summed E-state index contributed by atoms with van der Waals surface area (Å²) >= 11 is 0. The summed E-state index contributed by atoms with van der Waals surface area (Å²) < 4.78 is 11.3. The zero-order chi connectivity index (χ0) is 18.9. The molecule has 0 radical (unpaired) electrons. The Balaban J connectivity index is 1.99. The van der Waals surface area contributed by atoms with Crippen molar-refractivity contribution in [1.29, 1.82) is 0 Å². The first-order valence-electron chi connectivity index (χ1n) is 9.37. The van der Waals surface area contributed by atoms with Crippen LogP contribution >= 0.6 is 0 Å². The van der Waals surface area contributed by atoms with Gasteiger partial charge < -0.3 is 8.83 Å². The van der Waals surface area contributed by atoms with Crippen LogP contribution in [-0.4, -0.2) is 5.78 Å². The van der Waals surface area contributed by atoms with Crippen LogP contribution in [-0.2, 0) is 4.79 Å². The van der Waals surface area contributed by atoms with E-state index in [1.807, 2.05) is 50.3 Å². The van der Waals surface area contributed by atoms with Crippen LogP contribution in [0.25, 0.3) is 12.2 Å². The monoisotopic (exact) mass is 352 g/mol. The Morgan fingerprint density at radius 1 is 0.962 bits per heavy atom. The van der Waals surface area contributed by atoms with Gasteiger partial charge in [-0.1, -0.05) is 27.2 Å². The van der Waals surface area contributed by atoms with Gasteiger partial charge in [0.15, 0.2) is 5.78 Å². The molecule has 0 atom stereocenters. The summed E-state index contributed by atoms with van der Waals surface area (Å²) in [6, 6.07) is 7.69. The molecular formula is C23H28O3. The average molecular weight is 352 g/mol. The van der Waals surface area contributed by atoms with E-state index in [0.717, 1.165) is 53.4 Å². The van der Waals surface area contributed by atoms with Gasteiger partial charge in [-0.2, -0.15) is 0 Å². The van der Waals surface area contributed by atoms with Crippen molar-refractivity contribution < 1.29 is 13.6 Å². The number of hydrogen-bond donors (Lipinski definition) is 0. The number of ketones is 1. The van der Waals surface area contributed by atoms with Crippen LogP contribution in [0.1, 0.15) is 63.1 Å². The number of Topliss-reactive ketones (excluding diaryl/α,β-unsaturated/α-hetero) is 1. The third-order valence-corrected chi connectivity index (χ3v) is 5.69. The van der Waals surface area contributed by atoms with Crippen molar-refractivity contribution in [3.05, 3.63) is 58.5 Å². The third kappa shape index (κ3) is 3.92. The Bertz CT molecular complexity index is 795. The van der Waals surface area contributed by atoms with Gasteiger partial charge >= 0.3 is 0 Å². The smallest absolute Gasteiger partial charge is 0.185 e. The molecule has 0 spiro atoms. The molecule has 1 fully saturated rings. The van der Waals surface area contributed by atoms with Crippen molar-refractivity contribution in [2.24, 2.45) is 11.3 Å². The Morgan fingerprint density at radius 2 is 1.42 bits per heavy atom. The first-order chi connectivity index (χ1) is 12.3. The van der Waals surface area contributed by atoms with Crippen LogP contribution in [0.5, 0.6) is 0 Å². The van der Waals surface area contributed by atoms with Crippen molar-refractivity contribution >= 4 is 17.9 Å². The topological polar surface area (TPSA) is 43.4 Å². The first-order valence-corrected chi connectivity index (χ1v) is 9.37. The van der Waals surface area contributed by atoms with Crippen LogP contribution in [0.15, 0.2) is 44.2 Å². The Labute approximate surface area is 155 Å². The Hall–Kier alpha value is -2.29. The lowest BCUT2D eigenvalue weighted by atomic mass is 9.66. The molecule has 2 heterocycles. The molecule has 138 valence electrons. The lowest BCUT2D eigenvalue weighted by molar-refractivity contribution is -0.113. The van der Waals surface area contributed by atoms with E-state index >= 15 is 0 Å². The maximum Gasteiger partial charge on any atom is 0.185 e. The number of rotatable bonds is 4. The van der Waals surface area contributed by atoms with Gasteiger partial charge in [0.25, 0.3) is 0 Å². The summed E-state index contributed by atoms with van der Waals surface area (Å²) in [6.07, 6.45) is 6.47. The zero-order valence-electron chi connectivity index (χ0n) is 16.4. The van der Waals surface area contributed by atoms with Gasteiger partial charge in [0.05, 0.1) is 0 Å². The van der Waals surface area contributed by atoms with Crippen LogP contribution in [0.3, 0.4) is 0 Å². The number of allylic oxidation sites excluding steroid dienone is 2. The van der Waals surface area contributed by atoms with E-state index in [9.17, 15) is 4.79 Å². The molecule has 3 nitrogen and oxygen atoms in total. The highest BCUT2D eigenvalue weighted by Crippen LogP contribution is 2.44. The molecule has 0 amide bonds. The van der Waals surface area contributed by atoms with Gasteiger partial charge in [0.2, 0.25) is 0 Å². The highest BCUT2D eigenvalue weighted by atomic mass is 16.3. The molecule has 26 heavy (non-hydrogen) atoms. The lowest BCUT2D eigenvalue weighted by Crippen LogP contribution is -2.30. The van der Waals surface area contributed by atoms with Crippen molar-refractivity contribution in [2.75, 3.05) is 0 Å². The normalized spacial score (nSPS) is 21.7. The highest BCUT2D eigenvalue weighted by molar-refractivity contribution is 6.13. The van der Waals surface area contributed by atoms with E-state index in [-0.39, 0.29) is 11.2 Å². The molecule has 0 saturated heterocycles. The van der Waals surface area contributed by atoms with Crippen molar-refractivity contribution in [3.63, 3.8) is 0 Å². The molecule has 0 bridgehead atoms. The maximum atomic E-state index is 13.1. The quantitative estimate of drug-likeness (QED) is 0.600. The molecule has 3 heteroatoms. The minimum Gasteiger partial charge on any atom is -0.462 e. The summed E-state index contributed by atoms with van der Waals surface area (Å²) in [5, 5.41) is 0. The van der Waals surface area contributed by atoms with Gasteiger partial charge in [-0.15, -0.1) is 0 Å². The number of carbonyl (C=O) groups is 1. The number of aryl methyl sites for hydroxylation is 2. The van der Waals surface area contributed by atoms with E-state index in [1.54, 1.807) is 0 Å². The van der Waals surface area contributed by atoms with E-state index < -0.39 is 0 Å². The number of furan rings is 2. The van der Waals surface area contributed by atoms with Gasteiger partial charge in [-0.3, -0.25) is 4.79 Å². The molecule has 0 aliphatic heterocycles. The van der Waals surface area contributed by atoms with Crippen molar-refractivity contribution in [2.45, 2.75) is 53.9 Å². The second-order valence-electron chi connectivity index (χ2n) is 8.01. The van der Waals surface area contributed by atoms with E-state index in [1.165, 1.54) is 0 Å². The molecule has 1 aliphatic rings. The number of hydrogen-bond acceptors (Lipinski definition) is 3. The van der Waals surface area contributed by atoms with Gasteiger partial charge in [-0.25, -0.2) is 0 Å². The SMILES string of the molecule is CCC(C)(C)C1C/C(=C\c2ccc(C)o2)C(=O)/C(=C/c2ccc(C)o2)C1. The predicted octanol–water partition coefficient (Wildman–Crippen LogP) is 6.37. The minimum atomic E-state index is 0.108. The molecule has 2 aromatic heterocycles. The summed E-state index contributed by atoms with van der Waals surface area (Å²) in [5.41, 5.74) is 1.81. The largest absolute Gasteiger partial charge is 0.462 e. The predicted molar refractivity (Wildman–Crippen MR) is 105 cm³/mol. The summed E-state index contributed by atoms with van der Waals surface area (Å²) in [7, 11) is 0. The summed E-state index contributed by atoms with van der Waals surface area (Å²) in [4.78, 5) is 13.1. The fourth-order valence-electron chi connectivity index (χ4n) is 3.49. The fourth-order valence-corrected chi connectivity index (χ4v) is 3.49. The Morgan fingerprint density at radius 3 is 1.77 bits per heavy atom. The van der Waals surface area contributed by atoms with E-state index in [4.69, 9.17) is 8.83 Å². The third-order valence-electron chi connectivity index (χ3n) is 5.69. The van der Waals surface area contributed by atoms with Crippen LogP contribution in [0.4, 0.5) is 0 Å². The second kappa shape index (κ2) is 7.14. The van der Waals surface area contributed by atoms with Gasteiger partial charge in [-0.05, 0) is 74.4 Å². The maximum absolute atomic E-state index is 13.1. The highest BCUT2D eigenvalue weighted by Gasteiger charge is 2.36. The second-order valence-corrected chi connectivity index (χ2v) is 8.01. The van der Waals surface area contributed by atoms with Crippen LogP contribution < -0.4 is 0 Å². The molecule has 0 aromatic carbocycles. The molecular weight excluding hydrogens is 324 g/mol. The molecule has 2 aromatic rings. The van der Waals surface area contributed by atoms with Crippen molar-refractivity contribution in [1.82, 2.24) is 0 Å². The van der Waals surface area contributed by atoms with Gasteiger partial charge in [0.1, 0.15) is 23.0 Å².